The zero-order valence-corrected chi connectivity index (χ0v) is 17.5. The van der Waals surface area contributed by atoms with Crippen LogP contribution in [0.1, 0.15) is 24.1 Å². The molecule has 0 aliphatic carbocycles. The topological polar surface area (TPSA) is 54.5 Å². The lowest BCUT2D eigenvalue weighted by molar-refractivity contribution is -0.132. The minimum absolute atomic E-state index is 0.00604. The third-order valence-electron chi connectivity index (χ3n) is 5.97. The number of rotatable bonds is 6. The predicted molar refractivity (Wildman–Crippen MR) is 118 cm³/mol. The van der Waals surface area contributed by atoms with Crippen LogP contribution in [0, 0.1) is 0 Å². The normalized spacial score (nSPS) is 18.9. The van der Waals surface area contributed by atoms with Gasteiger partial charge >= 0.3 is 0 Å². The number of likely N-dealkylation sites (tertiary alicyclic amines) is 1. The van der Waals surface area contributed by atoms with Crippen molar-refractivity contribution in [1.82, 2.24) is 15.2 Å². The van der Waals surface area contributed by atoms with Crippen molar-refractivity contribution < 1.29 is 9.53 Å². The van der Waals surface area contributed by atoms with Crippen molar-refractivity contribution >= 4 is 5.91 Å². The Balaban J connectivity index is 1.77. The second kappa shape index (κ2) is 8.67. The molecule has 1 saturated heterocycles. The summed E-state index contributed by atoms with van der Waals surface area (Å²) in [6.07, 6.45) is 3.46. The second-order valence-electron chi connectivity index (χ2n) is 7.54. The van der Waals surface area contributed by atoms with E-state index >= 15 is 0 Å². The Morgan fingerprint density at radius 2 is 1.80 bits per heavy atom. The van der Waals surface area contributed by atoms with Crippen molar-refractivity contribution in [3.8, 4) is 16.9 Å². The van der Waals surface area contributed by atoms with Crippen LogP contribution in [0.2, 0.25) is 0 Å². The molecule has 0 bridgehead atoms. The molecule has 30 heavy (non-hydrogen) atoms. The lowest BCUT2D eigenvalue weighted by Crippen LogP contribution is -2.52. The van der Waals surface area contributed by atoms with Gasteiger partial charge in [-0.15, -0.1) is 0 Å². The minimum Gasteiger partial charge on any atom is -0.496 e. The molecule has 5 heteroatoms. The number of aromatic nitrogens is 1. The van der Waals surface area contributed by atoms with Crippen LogP contribution in [0.4, 0.5) is 0 Å². The number of hydrogen-bond donors (Lipinski definition) is 1. The van der Waals surface area contributed by atoms with Gasteiger partial charge in [-0.05, 0) is 48.7 Å². The molecule has 1 aromatic heterocycles. The smallest absolute Gasteiger partial charge is 0.246 e. The number of carbonyl (C=O) groups excluding carboxylic acids is 1. The minimum atomic E-state index is -0.760. The molecule has 1 aliphatic rings. The van der Waals surface area contributed by atoms with E-state index in [4.69, 9.17) is 4.74 Å². The zero-order valence-electron chi connectivity index (χ0n) is 17.5. The quantitative estimate of drug-likeness (QED) is 0.678. The molecule has 1 N–H and O–H groups in total. The van der Waals surface area contributed by atoms with Gasteiger partial charge in [0.05, 0.1) is 12.8 Å². The van der Waals surface area contributed by atoms with Crippen molar-refractivity contribution in [3.63, 3.8) is 0 Å². The summed E-state index contributed by atoms with van der Waals surface area (Å²) in [7, 11) is 3.39. The van der Waals surface area contributed by atoms with Crippen molar-refractivity contribution in [2.24, 2.45) is 0 Å². The maximum absolute atomic E-state index is 13.2. The highest BCUT2D eigenvalue weighted by molar-refractivity contribution is 5.87. The number of carbonyl (C=O) groups is 1. The number of ether oxygens (including phenoxy) is 1. The van der Waals surface area contributed by atoms with E-state index in [0.717, 1.165) is 47.5 Å². The number of nitrogens with zero attached hydrogens (tertiary/aromatic N) is 2. The molecule has 1 amide bonds. The van der Waals surface area contributed by atoms with Crippen LogP contribution in [0.5, 0.6) is 5.75 Å². The number of methoxy groups -OCH3 is 1. The summed E-state index contributed by atoms with van der Waals surface area (Å²) < 4.78 is 5.60. The first-order chi connectivity index (χ1) is 14.7. The van der Waals surface area contributed by atoms with E-state index in [1.54, 1.807) is 20.4 Å². The SMILES string of the molecule is CNC(=O)C1(c2ccccn2)CCCN1Cc1ccccc1-c1ccccc1OC. The molecule has 0 spiro atoms. The number of pyridine rings is 1. The molecule has 1 unspecified atom stereocenters. The lowest BCUT2D eigenvalue weighted by atomic mass is 9.89. The van der Waals surface area contributed by atoms with Crippen LogP contribution in [0.25, 0.3) is 11.1 Å². The van der Waals surface area contributed by atoms with Crippen molar-refractivity contribution in [2.75, 3.05) is 20.7 Å². The molecule has 1 fully saturated rings. The van der Waals surface area contributed by atoms with Gasteiger partial charge in [-0.3, -0.25) is 14.7 Å². The average molecular weight is 402 g/mol. The molecule has 5 nitrogen and oxygen atoms in total. The predicted octanol–water partition coefficient (Wildman–Crippen LogP) is 3.99. The van der Waals surface area contributed by atoms with E-state index < -0.39 is 5.54 Å². The third kappa shape index (κ3) is 3.46. The Morgan fingerprint density at radius 1 is 1.07 bits per heavy atom. The summed E-state index contributed by atoms with van der Waals surface area (Å²) >= 11 is 0. The Labute approximate surface area is 177 Å². The molecular formula is C25H27N3O2. The highest BCUT2D eigenvalue weighted by Gasteiger charge is 2.49. The first-order valence-electron chi connectivity index (χ1n) is 10.3. The fourth-order valence-electron chi connectivity index (χ4n) is 4.56. The van der Waals surface area contributed by atoms with Crippen LogP contribution in [-0.2, 0) is 16.9 Å². The molecule has 154 valence electrons. The average Bonchev–Trinajstić information content (AvgIpc) is 3.24. The number of likely N-dealkylation sites (N-methyl/N-ethyl adjacent to an activating group) is 1. The standard InChI is InChI=1S/C25H27N3O2/c1-26-24(29)25(23-14-7-8-16-27-23)15-9-17-28(25)18-19-10-3-4-11-20(19)21-12-5-6-13-22(21)30-2/h3-8,10-14,16H,9,15,17-18H2,1-2H3,(H,26,29). The highest BCUT2D eigenvalue weighted by Crippen LogP contribution is 2.41. The van der Waals surface area contributed by atoms with Gasteiger partial charge in [0.25, 0.3) is 0 Å². The molecule has 0 radical (unpaired) electrons. The highest BCUT2D eigenvalue weighted by atomic mass is 16.5. The van der Waals surface area contributed by atoms with Crippen molar-refractivity contribution in [3.05, 3.63) is 84.2 Å². The summed E-state index contributed by atoms with van der Waals surface area (Å²) in [5.41, 5.74) is 3.38. The van der Waals surface area contributed by atoms with E-state index in [2.05, 4.69) is 33.4 Å². The summed E-state index contributed by atoms with van der Waals surface area (Å²) in [5.74, 6) is 0.835. The number of nitrogens with one attached hydrogen (secondary N) is 1. The number of para-hydroxylation sites is 1. The molecule has 0 saturated carbocycles. The van der Waals surface area contributed by atoms with Crippen LogP contribution < -0.4 is 10.1 Å². The van der Waals surface area contributed by atoms with Gasteiger partial charge in [0, 0.05) is 25.4 Å². The molecule has 3 aromatic rings. The summed E-state index contributed by atoms with van der Waals surface area (Å²) in [4.78, 5) is 20.0. The molecule has 1 aliphatic heterocycles. The summed E-state index contributed by atoms with van der Waals surface area (Å²) in [6, 6.07) is 22.2. The van der Waals surface area contributed by atoms with Crippen molar-refractivity contribution in [1.29, 1.82) is 0 Å². The summed E-state index contributed by atoms with van der Waals surface area (Å²) in [5, 5.41) is 2.89. The van der Waals surface area contributed by atoms with E-state index in [9.17, 15) is 4.79 Å². The third-order valence-corrected chi connectivity index (χ3v) is 5.97. The molecule has 4 rings (SSSR count). The van der Waals surface area contributed by atoms with E-state index in [0.29, 0.717) is 6.54 Å². The van der Waals surface area contributed by atoms with Gasteiger partial charge in [-0.25, -0.2) is 0 Å². The van der Waals surface area contributed by atoms with E-state index in [-0.39, 0.29) is 5.91 Å². The number of benzene rings is 2. The fourth-order valence-corrected chi connectivity index (χ4v) is 4.56. The Bertz CT molecular complexity index is 1020. The Hall–Kier alpha value is -3.18. The van der Waals surface area contributed by atoms with Crippen LogP contribution in [-0.4, -0.2) is 36.5 Å². The van der Waals surface area contributed by atoms with Gasteiger partial charge in [0.15, 0.2) is 0 Å². The first kappa shape index (κ1) is 20.1. The zero-order chi connectivity index (χ0) is 21.0. The van der Waals surface area contributed by atoms with Gasteiger partial charge in [0.2, 0.25) is 5.91 Å². The van der Waals surface area contributed by atoms with Crippen molar-refractivity contribution in [2.45, 2.75) is 24.9 Å². The van der Waals surface area contributed by atoms with Crippen LogP contribution >= 0.6 is 0 Å². The van der Waals surface area contributed by atoms with E-state index in [1.807, 2.05) is 48.5 Å². The van der Waals surface area contributed by atoms with Gasteiger partial charge in [-0.2, -0.15) is 0 Å². The molecule has 2 heterocycles. The second-order valence-corrected chi connectivity index (χ2v) is 7.54. The lowest BCUT2D eigenvalue weighted by Gasteiger charge is -2.36. The first-order valence-corrected chi connectivity index (χ1v) is 10.3. The summed E-state index contributed by atoms with van der Waals surface area (Å²) in [6.45, 7) is 1.49. The number of hydrogen-bond acceptors (Lipinski definition) is 4. The molecular weight excluding hydrogens is 374 g/mol. The van der Waals surface area contributed by atoms with E-state index in [1.165, 1.54) is 0 Å². The maximum Gasteiger partial charge on any atom is 0.246 e. The van der Waals surface area contributed by atoms with Crippen LogP contribution in [0.3, 0.4) is 0 Å². The van der Waals surface area contributed by atoms with Gasteiger partial charge in [0.1, 0.15) is 11.3 Å². The Morgan fingerprint density at radius 3 is 2.53 bits per heavy atom. The fraction of sp³-hybridized carbons (Fsp3) is 0.280. The monoisotopic (exact) mass is 401 g/mol. The largest absolute Gasteiger partial charge is 0.496 e. The van der Waals surface area contributed by atoms with Gasteiger partial charge in [-0.1, -0.05) is 48.5 Å². The molecule has 1 atom stereocenters. The Kier molecular flexibility index (Phi) is 5.81. The molecule has 2 aromatic carbocycles. The number of amides is 1. The van der Waals surface area contributed by atoms with Gasteiger partial charge < -0.3 is 10.1 Å². The van der Waals surface area contributed by atoms with Crippen LogP contribution in [0.15, 0.2) is 72.9 Å². The maximum atomic E-state index is 13.2.